The zero-order valence-electron chi connectivity index (χ0n) is 14.2. The summed E-state index contributed by atoms with van der Waals surface area (Å²) in [6.07, 6.45) is -3.33. The monoisotopic (exact) mass is 359 g/mol. The number of hydrogen-bond donors (Lipinski definition) is 1. The molecule has 0 saturated heterocycles. The summed E-state index contributed by atoms with van der Waals surface area (Å²) in [5.41, 5.74) is 2.89. The van der Waals surface area contributed by atoms with Gasteiger partial charge in [-0.2, -0.15) is 18.3 Å². The normalized spacial score (nSPS) is 13.3. The Morgan fingerprint density at radius 1 is 1.12 bits per heavy atom. The predicted octanol–water partition coefficient (Wildman–Crippen LogP) is 3.94. The molecular formula is C18H16F3N5. The van der Waals surface area contributed by atoms with Crippen LogP contribution < -0.4 is 10.2 Å². The van der Waals surface area contributed by atoms with Crippen molar-refractivity contribution in [1.29, 1.82) is 0 Å². The van der Waals surface area contributed by atoms with Crippen molar-refractivity contribution < 1.29 is 13.2 Å². The molecule has 2 aromatic heterocycles. The molecule has 0 radical (unpaired) electrons. The van der Waals surface area contributed by atoms with Crippen LogP contribution in [0.2, 0.25) is 0 Å². The summed E-state index contributed by atoms with van der Waals surface area (Å²) in [6, 6.07) is 10.4. The van der Waals surface area contributed by atoms with E-state index in [-0.39, 0.29) is 0 Å². The minimum Gasteiger partial charge on any atom is -0.388 e. The van der Waals surface area contributed by atoms with Gasteiger partial charge in [0.2, 0.25) is 0 Å². The number of nitrogens with zero attached hydrogens (tertiary/aromatic N) is 4. The van der Waals surface area contributed by atoms with E-state index in [0.717, 1.165) is 35.0 Å². The Bertz CT molecular complexity index is 977. The molecular weight excluding hydrogens is 343 g/mol. The summed E-state index contributed by atoms with van der Waals surface area (Å²) in [4.78, 5) is 5.43. The Labute approximate surface area is 148 Å². The van der Waals surface area contributed by atoms with Crippen LogP contribution in [0.15, 0.2) is 42.6 Å². The fourth-order valence-corrected chi connectivity index (χ4v) is 3.09. The molecule has 1 aromatic carbocycles. The molecule has 0 aliphatic carbocycles. The van der Waals surface area contributed by atoms with E-state index >= 15 is 0 Å². The van der Waals surface area contributed by atoms with Crippen LogP contribution >= 0.6 is 0 Å². The second-order valence-electron chi connectivity index (χ2n) is 6.18. The van der Waals surface area contributed by atoms with Gasteiger partial charge in [-0.15, -0.1) is 0 Å². The molecule has 8 heteroatoms. The van der Waals surface area contributed by atoms with Gasteiger partial charge in [0.25, 0.3) is 0 Å². The number of fused-ring (bicyclic) bond motifs is 3. The molecule has 0 spiro atoms. The van der Waals surface area contributed by atoms with Crippen molar-refractivity contribution in [1.82, 2.24) is 14.8 Å². The van der Waals surface area contributed by atoms with Gasteiger partial charge in [-0.1, -0.05) is 6.07 Å². The molecule has 0 unspecified atom stereocenters. The van der Waals surface area contributed by atoms with Gasteiger partial charge in [0.15, 0.2) is 0 Å². The molecule has 134 valence electrons. The second-order valence-corrected chi connectivity index (χ2v) is 6.18. The molecule has 0 bridgehead atoms. The van der Waals surface area contributed by atoms with Gasteiger partial charge >= 0.3 is 6.18 Å². The number of nitrogens with one attached hydrogen (secondary N) is 1. The van der Waals surface area contributed by atoms with E-state index < -0.39 is 11.9 Å². The Morgan fingerprint density at radius 3 is 2.65 bits per heavy atom. The van der Waals surface area contributed by atoms with Crippen LogP contribution in [-0.2, 0) is 12.7 Å². The Balaban J connectivity index is 1.84. The highest BCUT2D eigenvalue weighted by Crippen LogP contribution is 2.35. The first-order chi connectivity index (χ1) is 12.4. The Kier molecular flexibility index (Phi) is 3.64. The first-order valence-electron chi connectivity index (χ1n) is 8.02. The van der Waals surface area contributed by atoms with Gasteiger partial charge < -0.3 is 10.2 Å². The maximum atomic E-state index is 12.9. The van der Waals surface area contributed by atoms with Crippen LogP contribution in [-0.4, -0.2) is 28.9 Å². The summed E-state index contributed by atoms with van der Waals surface area (Å²) in [6.45, 7) is 0.703. The second kappa shape index (κ2) is 5.76. The number of hydrogen-bond acceptors (Lipinski definition) is 4. The van der Waals surface area contributed by atoms with Gasteiger partial charge in [-0.25, -0.2) is 4.68 Å². The molecule has 0 amide bonds. The molecule has 4 rings (SSSR count). The average molecular weight is 359 g/mol. The third-order valence-corrected chi connectivity index (χ3v) is 4.44. The maximum absolute atomic E-state index is 12.9. The van der Waals surface area contributed by atoms with Gasteiger partial charge in [-0.05, 0) is 29.8 Å². The quantitative estimate of drug-likeness (QED) is 0.753. The number of rotatable bonds is 2. The Hall–Kier alpha value is -3.03. The zero-order chi connectivity index (χ0) is 18.5. The molecule has 26 heavy (non-hydrogen) atoms. The van der Waals surface area contributed by atoms with E-state index in [1.807, 2.05) is 37.2 Å². The van der Waals surface area contributed by atoms with Crippen molar-refractivity contribution in [2.45, 2.75) is 12.7 Å². The summed E-state index contributed by atoms with van der Waals surface area (Å²) in [5.74, 6) is 0.825. The summed E-state index contributed by atoms with van der Waals surface area (Å²) < 4.78 is 40.6. The first-order valence-corrected chi connectivity index (χ1v) is 8.02. The first kappa shape index (κ1) is 16.4. The largest absolute Gasteiger partial charge is 0.433 e. The minimum absolute atomic E-state index is 0.383. The van der Waals surface area contributed by atoms with Crippen LogP contribution in [0.4, 0.5) is 24.7 Å². The van der Waals surface area contributed by atoms with E-state index in [1.165, 1.54) is 6.07 Å². The zero-order valence-corrected chi connectivity index (χ0v) is 14.2. The molecule has 0 fully saturated rings. The van der Waals surface area contributed by atoms with E-state index in [4.69, 9.17) is 0 Å². The van der Waals surface area contributed by atoms with Crippen molar-refractivity contribution >= 4 is 11.5 Å². The summed E-state index contributed by atoms with van der Waals surface area (Å²) in [5, 5.41) is 7.66. The summed E-state index contributed by atoms with van der Waals surface area (Å²) in [7, 11) is 3.77. The molecule has 0 atom stereocenters. The van der Waals surface area contributed by atoms with Crippen molar-refractivity contribution in [2.24, 2.45) is 0 Å². The number of pyridine rings is 1. The Morgan fingerprint density at radius 2 is 1.92 bits per heavy atom. The predicted molar refractivity (Wildman–Crippen MR) is 93.5 cm³/mol. The van der Waals surface area contributed by atoms with Crippen molar-refractivity contribution in [3.05, 3.63) is 53.9 Å². The molecule has 0 saturated carbocycles. The minimum atomic E-state index is -4.49. The molecule has 1 aliphatic rings. The lowest BCUT2D eigenvalue weighted by atomic mass is 10.1. The third kappa shape index (κ3) is 2.67. The number of alkyl halides is 3. The van der Waals surface area contributed by atoms with E-state index in [0.29, 0.717) is 17.8 Å². The van der Waals surface area contributed by atoms with Crippen LogP contribution in [0.3, 0.4) is 0 Å². The lowest BCUT2D eigenvalue weighted by Gasteiger charge is -2.27. The molecule has 3 heterocycles. The smallest absolute Gasteiger partial charge is 0.388 e. The number of halogens is 3. The maximum Gasteiger partial charge on any atom is 0.433 e. The molecule has 1 N–H and O–H groups in total. The molecule has 3 aromatic rings. The topological polar surface area (TPSA) is 46.0 Å². The van der Waals surface area contributed by atoms with E-state index in [1.54, 1.807) is 10.7 Å². The van der Waals surface area contributed by atoms with Gasteiger partial charge in [0, 0.05) is 44.2 Å². The molecule has 1 aliphatic heterocycles. The van der Waals surface area contributed by atoms with Gasteiger partial charge in [0.1, 0.15) is 11.5 Å². The van der Waals surface area contributed by atoms with Crippen LogP contribution in [0.5, 0.6) is 0 Å². The lowest BCUT2D eigenvalue weighted by molar-refractivity contribution is -0.141. The molecule has 5 nitrogen and oxygen atoms in total. The van der Waals surface area contributed by atoms with Gasteiger partial charge in [0.05, 0.1) is 11.4 Å². The van der Waals surface area contributed by atoms with Crippen LogP contribution in [0.1, 0.15) is 11.3 Å². The number of benzene rings is 1. The van der Waals surface area contributed by atoms with Gasteiger partial charge in [-0.3, -0.25) is 4.98 Å². The van der Waals surface area contributed by atoms with Crippen LogP contribution in [0, 0.1) is 0 Å². The van der Waals surface area contributed by atoms with Crippen molar-refractivity contribution in [3.63, 3.8) is 0 Å². The average Bonchev–Trinajstić information content (AvgIpc) is 3.07. The number of aromatic nitrogens is 3. The highest BCUT2D eigenvalue weighted by atomic mass is 19.4. The van der Waals surface area contributed by atoms with Crippen molar-refractivity contribution in [2.75, 3.05) is 24.3 Å². The number of anilines is 2. The van der Waals surface area contributed by atoms with E-state index in [9.17, 15) is 13.2 Å². The SMILES string of the molecule is CNc1ccc2c(c1)-n1nc(-c3ccnc(C(F)(F)F)c3)cc1N(C)C2. The standard InChI is InChI=1S/C18H16F3N5/c1-22-13-4-3-12-10-25(2)17-9-14(24-26(17)15(12)8-13)11-5-6-23-16(7-11)18(19,20)21/h3-9,22H,10H2,1-2H3. The highest BCUT2D eigenvalue weighted by molar-refractivity contribution is 5.69. The lowest BCUT2D eigenvalue weighted by Crippen LogP contribution is -2.25. The summed E-state index contributed by atoms with van der Waals surface area (Å²) >= 11 is 0. The van der Waals surface area contributed by atoms with E-state index in [2.05, 4.69) is 15.4 Å². The highest BCUT2D eigenvalue weighted by Gasteiger charge is 2.33. The fraction of sp³-hybridized carbons (Fsp3) is 0.222. The van der Waals surface area contributed by atoms with Crippen molar-refractivity contribution in [3.8, 4) is 16.9 Å². The fourth-order valence-electron chi connectivity index (χ4n) is 3.09. The third-order valence-electron chi connectivity index (χ3n) is 4.44. The van der Waals surface area contributed by atoms with Crippen LogP contribution in [0.25, 0.3) is 16.9 Å².